The first-order valence-corrected chi connectivity index (χ1v) is 9.19. The van der Waals surface area contributed by atoms with Gasteiger partial charge in [-0.25, -0.2) is 0 Å². The lowest BCUT2D eigenvalue weighted by molar-refractivity contribution is -0.132. The van der Waals surface area contributed by atoms with Crippen LogP contribution in [0.4, 0.5) is 0 Å². The van der Waals surface area contributed by atoms with Crippen molar-refractivity contribution >= 4 is 34.6 Å². The van der Waals surface area contributed by atoms with Crippen LogP contribution in [0.5, 0.6) is 0 Å². The number of carbonyl (C=O) groups excluding carboxylic acids is 2. The molecule has 0 bridgehead atoms. The molecule has 0 unspecified atom stereocenters. The summed E-state index contributed by atoms with van der Waals surface area (Å²) < 4.78 is 0. The van der Waals surface area contributed by atoms with Gasteiger partial charge in [-0.05, 0) is 29.1 Å². The third kappa shape index (κ3) is 4.44. The zero-order chi connectivity index (χ0) is 16.9. The lowest BCUT2D eigenvalue weighted by atomic mass is 10.1. The van der Waals surface area contributed by atoms with Gasteiger partial charge in [-0.15, -0.1) is 11.3 Å². The van der Waals surface area contributed by atoms with E-state index in [1.165, 1.54) is 11.3 Å². The Morgan fingerprint density at radius 2 is 1.75 bits per heavy atom. The van der Waals surface area contributed by atoms with Gasteiger partial charge in [0.15, 0.2) is 5.78 Å². The zero-order valence-electron chi connectivity index (χ0n) is 13.3. The van der Waals surface area contributed by atoms with Crippen molar-refractivity contribution in [2.45, 2.75) is 6.42 Å². The first-order valence-electron chi connectivity index (χ1n) is 7.93. The van der Waals surface area contributed by atoms with Gasteiger partial charge >= 0.3 is 0 Å². The van der Waals surface area contributed by atoms with Crippen molar-refractivity contribution in [3.05, 3.63) is 57.2 Å². The van der Waals surface area contributed by atoms with Crippen molar-refractivity contribution in [2.24, 2.45) is 0 Å². The van der Waals surface area contributed by atoms with E-state index in [9.17, 15) is 9.59 Å². The van der Waals surface area contributed by atoms with Crippen molar-refractivity contribution in [1.82, 2.24) is 9.80 Å². The van der Waals surface area contributed by atoms with E-state index in [2.05, 4.69) is 4.90 Å². The van der Waals surface area contributed by atoms with E-state index in [0.29, 0.717) is 31.1 Å². The summed E-state index contributed by atoms with van der Waals surface area (Å²) in [5.74, 6) is 0.285. The number of halogens is 1. The fourth-order valence-electron chi connectivity index (χ4n) is 2.76. The summed E-state index contributed by atoms with van der Waals surface area (Å²) in [6, 6.07) is 11.1. The number of thiophene rings is 1. The molecule has 1 saturated heterocycles. The molecule has 1 aliphatic rings. The number of Topliss-reactive ketones (excluding diaryl/α,β-unsaturated/α-hetero) is 1. The lowest BCUT2D eigenvalue weighted by Gasteiger charge is -2.34. The van der Waals surface area contributed by atoms with Crippen molar-refractivity contribution in [3.63, 3.8) is 0 Å². The largest absolute Gasteiger partial charge is 0.340 e. The normalized spacial score (nSPS) is 15.5. The molecule has 0 N–H and O–H groups in total. The third-order valence-corrected chi connectivity index (χ3v) is 5.32. The SMILES string of the molecule is O=C(CN1CCN(C(=O)Cc2ccc(Cl)cc2)CC1)c1cccs1. The fourth-order valence-corrected chi connectivity index (χ4v) is 3.55. The summed E-state index contributed by atoms with van der Waals surface area (Å²) >= 11 is 7.34. The summed E-state index contributed by atoms with van der Waals surface area (Å²) in [6.45, 7) is 3.25. The van der Waals surface area contributed by atoms with Gasteiger partial charge in [0.1, 0.15) is 0 Å². The van der Waals surface area contributed by atoms with Crippen LogP contribution in [0.15, 0.2) is 41.8 Å². The average Bonchev–Trinajstić information content (AvgIpc) is 3.12. The molecule has 1 aliphatic heterocycles. The number of rotatable bonds is 5. The van der Waals surface area contributed by atoms with Gasteiger partial charge in [-0.2, -0.15) is 0 Å². The van der Waals surface area contributed by atoms with Crippen LogP contribution < -0.4 is 0 Å². The topological polar surface area (TPSA) is 40.6 Å². The molecule has 1 amide bonds. The molecule has 0 spiro atoms. The number of nitrogens with zero attached hydrogens (tertiary/aromatic N) is 2. The molecule has 1 fully saturated rings. The predicted octanol–water partition coefficient (Wildman–Crippen LogP) is 2.97. The van der Waals surface area contributed by atoms with Crippen molar-refractivity contribution in [1.29, 1.82) is 0 Å². The second-order valence-corrected chi connectivity index (χ2v) is 7.24. The highest BCUT2D eigenvalue weighted by Gasteiger charge is 2.23. The molecule has 126 valence electrons. The highest BCUT2D eigenvalue weighted by molar-refractivity contribution is 7.12. The second-order valence-electron chi connectivity index (χ2n) is 5.86. The number of ketones is 1. The number of carbonyl (C=O) groups is 2. The van der Waals surface area contributed by atoms with Gasteiger partial charge in [-0.1, -0.05) is 29.8 Å². The van der Waals surface area contributed by atoms with Gasteiger partial charge in [0.2, 0.25) is 5.91 Å². The van der Waals surface area contributed by atoms with Crippen molar-refractivity contribution < 1.29 is 9.59 Å². The lowest BCUT2D eigenvalue weighted by Crippen LogP contribution is -2.50. The zero-order valence-corrected chi connectivity index (χ0v) is 14.9. The Hall–Kier alpha value is -1.69. The molecule has 24 heavy (non-hydrogen) atoms. The molecule has 4 nitrogen and oxygen atoms in total. The highest BCUT2D eigenvalue weighted by Crippen LogP contribution is 2.13. The Morgan fingerprint density at radius 3 is 2.38 bits per heavy atom. The van der Waals surface area contributed by atoms with Crippen molar-refractivity contribution in [2.75, 3.05) is 32.7 Å². The van der Waals surface area contributed by atoms with Crippen LogP contribution in [0.3, 0.4) is 0 Å². The number of hydrogen-bond acceptors (Lipinski definition) is 4. The first-order chi connectivity index (χ1) is 11.6. The molecule has 2 aromatic rings. The summed E-state index contributed by atoms with van der Waals surface area (Å²) in [6.07, 6.45) is 0.394. The molecular formula is C18H19ClN2O2S. The maximum Gasteiger partial charge on any atom is 0.227 e. The van der Waals surface area contributed by atoms with Crippen LogP contribution in [0.1, 0.15) is 15.2 Å². The van der Waals surface area contributed by atoms with E-state index in [1.54, 1.807) is 12.1 Å². The van der Waals surface area contributed by atoms with Gasteiger partial charge in [-0.3, -0.25) is 14.5 Å². The minimum absolute atomic E-state index is 0.126. The number of amides is 1. The number of piperazine rings is 1. The molecule has 1 aromatic carbocycles. The minimum atomic E-state index is 0.126. The smallest absolute Gasteiger partial charge is 0.227 e. The molecule has 3 rings (SSSR count). The van der Waals surface area contributed by atoms with Gasteiger partial charge in [0, 0.05) is 31.2 Å². The Kier molecular flexibility index (Phi) is 5.66. The van der Waals surface area contributed by atoms with E-state index in [4.69, 9.17) is 11.6 Å². The molecular weight excluding hydrogens is 344 g/mol. The summed E-state index contributed by atoms with van der Waals surface area (Å²) in [4.78, 5) is 29.3. The molecule has 0 aliphatic carbocycles. The Morgan fingerprint density at radius 1 is 1.04 bits per heavy atom. The maximum atomic E-state index is 12.4. The standard InChI is InChI=1S/C18H19ClN2O2S/c19-15-5-3-14(4-6-15)12-18(23)21-9-7-20(8-10-21)13-16(22)17-2-1-11-24-17/h1-6,11H,7-10,12-13H2. The minimum Gasteiger partial charge on any atom is -0.340 e. The number of benzene rings is 1. The van der Waals surface area contributed by atoms with Crippen LogP contribution in [0.2, 0.25) is 5.02 Å². The number of hydrogen-bond donors (Lipinski definition) is 0. The third-order valence-electron chi connectivity index (χ3n) is 4.16. The van der Waals surface area contributed by atoms with E-state index in [-0.39, 0.29) is 11.7 Å². The van der Waals surface area contributed by atoms with Gasteiger partial charge in [0.25, 0.3) is 0 Å². The van der Waals surface area contributed by atoms with Gasteiger partial charge in [0.05, 0.1) is 17.8 Å². The van der Waals surface area contributed by atoms with Crippen LogP contribution in [0, 0.1) is 0 Å². The molecule has 1 aromatic heterocycles. The molecule has 0 radical (unpaired) electrons. The van der Waals surface area contributed by atoms with E-state index in [1.807, 2.05) is 34.5 Å². The molecule has 6 heteroatoms. The maximum absolute atomic E-state index is 12.4. The Bertz CT molecular complexity index is 692. The second kappa shape index (κ2) is 7.92. The van der Waals surface area contributed by atoms with E-state index in [0.717, 1.165) is 23.5 Å². The van der Waals surface area contributed by atoms with Crippen LogP contribution >= 0.6 is 22.9 Å². The molecule has 0 saturated carbocycles. The average molecular weight is 363 g/mol. The predicted molar refractivity (Wildman–Crippen MR) is 96.8 cm³/mol. The van der Waals surface area contributed by atoms with Crippen LogP contribution in [-0.4, -0.2) is 54.2 Å². The monoisotopic (exact) mass is 362 g/mol. The summed E-state index contributed by atoms with van der Waals surface area (Å²) in [5, 5.41) is 2.59. The Labute approximate surface area is 150 Å². The summed E-state index contributed by atoms with van der Waals surface area (Å²) in [7, 11) is 0. The fraction of sp³-hybridized carbons (Fsp3) is 0.333. The van der Waals surface area contributed by atoms with E-state index < -0.39 is 0 Å². The van der Waals surface area contributed by atoms with E-state index >= 15 is 0 Å². The molecule has 0 atom stereocenters. The van der Waals surface area contributed by atoms with Gasteiger partial charge < -0.3 is 4.90 Å². The quantitative estimate of drug-likeness (QED) is 0.768. The van der Waals surface area contributed by atoms with Crippen LogP contribution in [-0.2, 0) is 11.2 Å². The highest BCUT2D eigenvalue weighted by atomic mass is 35.5. The Balaban J connectivity index is 1.47. The molecule has 2 heterocycles. The van der Waals surface area contributed by atoms with Crippen molar-refractivity contribution in [3.8, 4) is 0 Å². The first kappa shape index (κ1) is 17.1. The van der Waals surface area contributed by atoms with Crippen LogP contribution in [0.25, 0.3) is 0 Å². The summed E-state index contributed by atoms with van der Waals surface area (Å²) in [5.41, 5.74) is 0.972.